The number of ether oxygens (including phenoxy) is 1. The Morgan fingerprint density at radius 1 is 1.27 bits per heavy atom. The summed E-state index contributed by atoms with van der Waals surface area (Å²) in [5, 5.41) is 21.6. The van der Waals surface area contributed by atoms with Crippen LogP contribution in [-0.2, 0) is 0 Å². The Balaban J connectivity index is 1.41. The van der Waals surface area contributed by atoms with Crippen LogP contribution in [0.1, 0.15) is 47.2 Å². The second-order valence-electron chi connectivity index (χ2n) is 8.73. The number of aliphatic hydroxyl groups is 2. The third-order valence-electron chi connectivity index (χ3n) is 6.12. The molecule has 180 valence electrons. The quantitative estimate of drug-likeness (QED) is 0.455. The maximum absolute atomic E-state index is 12.4. The summed E-state index contributed by atoms with van der Waals surface area (Å²) >= 11 is 5.93. The van der Waals surface area contributed by atoms with Crippen molar-refractivity contribution in [3.63, 3.8) is 0 Å². The van der Waals surface area contributed by atoms with E-state index in [0.29, 0.717) is 23.1 Å². The van der Waals surface area contributed by atoms with E-state index >= 15 is 0 Å². The predicted octanol–water partition coefficient (Wildman–Crippen LogP) is 3.51. The first-order valence-corrected chi connectivity index (χ1v) is 11.9. The highest BCUT2D eigenvalue weighted by atomic mass is 35.5. The van der Waals surface area contributed by atoms with E-state index in [1.165, 1.54) is 0 Å². The number of hydrogen-bond donors (Lipinski definition) is 3. The molecule has 7 nitrogen and oxygen atoms in total. The number of nitrogens with zero attached hydrogens (tertiary/aromatic N) is 2. The van der Waals surface area contributed by atoms with E-state index in [-0.39, 0.29) is 19.1 Å². The van der Waals surface area contributed by atoms with Gasteiger partial charge in [0.05, 0.1) is 24.3 Å². The normalized spacial score (nSPS) is 15.4. The van der Waals surface area contributed by atoms with Gasteiger partial charge in [0.15, 0.2) is 0 Å². The molecule has 2 aromatic rings. The molecule has 2 heterocycles. The van der Waals surface area contributed by atoms with Gasteiger partial charge < -0.3 is 25.2 Å². The van der Waals surface area contributed by atoms with Gasteiger partial charge in [-0.2, -0.15) is 0 Å². The van der Waals surface area contributed by atoms with Gasteiger partial charge in [0, 0.05) is 31.4 Å². The van der Waals surface area contributed by atoms with Crippen molar-refractivity contribution >= 4 is 23.3 Å². The second-order valence-corrected chi connectivity index (χ2v) is 9.17. The number of anilines is 1. The number of rotatable bonds is 10. The SMILES string of the molecule is Cc1cc(OCCCC2CCN(c3ccc(Cl)cn3)CC2)cc(C)c1C(=O)NC[C@H](O)CO. The molecule has 0 radical (unpaired) electrons. The van der Waals surface area contributed by atoms with E-state index in [1.54, 1.807) is 6.20 Å². The van der Waals surface area contributed by atoms with E-state index in [4.69, 9.17) is 21.4 Å². The molecule has 1 aliphatic rings. The fourth-order valence-electron chi connectivity index (χ4n) is 4.30. The van der Waals surface area contributed by atoms with Crippen molar-refractivity contribution in [2.75, 3.05) is 37.7 Å². The van der Waals surface area contributed by atoms with Crippen LogP contribution < -0.4 is 15.0 Å². The molecule has 0 saturated carbocycles. The molecular formula is C25H34ClN3O4. The van der Waals surface area contributed by atoms with Crippen molar-refractivity contribution in [3.05, 3.63) is 52.2 Å². The fraction of sp³-hybridized carbons (Fsp3) is 0.520. The van der Waals surface area contributed by atoms with Crippen LogP contribution in [0, 0.1) is 19.8 Å². The minimum Gasteiger partial charge on any atom is -0.494 e. The highest BCUT2D eigenvalue weighted by Gasteiger charge is 2.20. The zero-order chi connectivity index (χ0) is 23.8. The number of aryl methyl sites for hydroxylation is 2. The molecule has 3 rings (SSSR count). The number of halogens is 1. The number of pyridine rings is 1. The second kappa shape index (κ2) is 12.2. The van der Waals surface area contributed by atoms with Crippen LogP contribution in [-0.4, -0.2) is 60.1 Å². The summed E-state index contributed by atoms with van der Waals surface area (Å²) in [5.74, 6) is 2.19. The summed E-state index contributed by atoms with van der Waals surface area (Å²) in [6.45, 7) is 6.05. The van der Waals surface area contributed by atoms with Crippen LogP contribution in [0.4, 0.5) is 5.82 Å². The van der Waals surface area contributed by atoms with E-state index < -0.39 is 6.10 Å². The minimum absolute atomic E-state index is 0.0155. The first-order chi connectivity index (χ1) is 15.9. The molecule has 1 atom stereocenters. The first-order valence-electron chi connectivity index (χ1n) is 11.5. The van der Waals surface area contributed by atoms with Gasteiger partial charge in [-0.3, -0.25) is 4.79 Å². The highest BCUT2D eigenvalue weighted by molar-refractivity contribution is 6.30. The third kappa shape index (κ3) is 7.32. The van der Waals surface area contributed by atoms with Crippen LogP contribution in [0.15, 0.2) is 30.5 Å². The average molecular weight is 476 g/mol. The zero-order valence-electron chi connectivity index (χ0n) is 19.4. The van der Waals surface area contributed by atoms with Gasteiger partial charge in [0.25, 0.3) is 5.91 Å². The third-order valence-corrected chi connectivity index (χ3v) is 6.34. The molecule has 8 heteroatoms. The molecule has 1 amide bonds. The van der Waals surface area contributed by atoms with Gasteiger partial charge >= 0.3 is 0 Å². The maximum atomic E-state index is 12.4. The number of benzene rings is 1. The number of aliphatic hydroxyl groups excluding tert-OH is 2. The van der Waals surface area contributed by atoms with E-state index in [1.807, 2.05) is 38.1 Å². The number of hydrogen-bond acceptors (Lipinski definition) is 6. The van der Waals surface area contributed by atoms with E-state index in [0.717, 1.165) is 61.5 Å². The summed E-state index contributed by atoms with van der Waals surface area (Å²) in [7, 11) is 0. The van der Waals surface area contributed by atoms with Gasteiger partial charge in [0.1, 0.15) is 11.6 Å². The summed E-state index contributed by atoms with van der Waals surface area (Å²) in [6, 6.07) is 7.62. The lowest BCUT2D eigenvalue weighted by Gasteiger charge is -2.32. The standard InChI is InChI=1S/C25H34ClN3O4/c1-17-12-22(13-18(2)24(17)25(32)28-15-21(31)16-30)33-11-3-4-19-7-9-29(10-8-19)23-6-5-20(26)14-27-23/h5-6,12-14,19,21,30-31H,3-4,7-11,15-16H2,1-2H3,(H,28,32)/t21-/m0/s1. The summed E-state index contributed by atoms with van der Waals surface area (Å²) < 4.78 is 5.97. The topological polar surface area (TPSA) is 94.9 Å². The molecule has 0 spiro atoms. The van der Waals surface area contributed by atoms with Gasteiger partial charge in [-0.15, -0.1) is 0 Å². The lowest BCUT2D eigenvalue weighted by molar-refractivity contribution is 0.0801. The van der Waals surface area contributed by atoms with Crippen LogP contribution >= 0.6 is 11.6 Å². The highest BCUT2D eigenvalue weighted by Crippen LogP contribution is 2.26. The number of carbonyl (C=O) groups excluding carboxylic acids is 1. The Hall–Kier alpha value is -2.35. The largest absolute Gasteiger partial charge is 0.494 e. The number of piperidine rings is 1. The molecule has 0 aliphatic carbocycles. The molecule has 1 fully saturated rings. The van der Waals surface area contributed by atoms with Crippen LogP contribution in [0.25, 0.3) is 0 Å². The number of nitrogens with one attached hydrogen (secondary N) is 1. The van der Waals surface area contributed by atoms with Crippen molar-refractivity contribution < 1.29 is 19.7 Å². The van der Waals surface area contributed by atoms with Crippen LogP contribution in [0.2, 0.25) is 5.02 Å². The summed E-state index contributed by atoms with van der Waals surface area (Å²) in [6.07, 6.45) is 5.16. The maximum Gasteiger partial charge on any atom is 0.251 e. The first kappa shape index (κ1) is 25.3. The Morgan fingerprint density at radius 3 is 2.58 bits per heavy atom. The Kier molecular flexibility index (Phi) is 9.35. The fourth-order valence-corrected chi connectivity index (χ4v) is 4.41. The summed E-state index contributed by atoms with van der Waals surface area (Å²) in [4.78, 5) is 19.2. The number of aromatic nitrogens is 1. The smallest absolute Gasteiger partial charge is 0.251 e. The van der Waals surface area contributed by atoms with Gasteiger partial charge in [0.2, 0.25) is 0 Å². The minimum atomic E-state index is -0.960. The predicted molar refractivity (Wildman–Crippen MR) is 130 cm³/mol. The monoisotopic (exact) mass is 475 g/mol. The molecular weight excluding hydrogens is 442 g/mol. The van der Waals surface area contributed by atoms with Crippen molar-refractivity contribution in [3.8, 4) is 5.75 Å². The Bertz CT molecular complexity index is 891. The molecule has 0 bridgehead atoms. The van der Waals surface area contributed by atoms with Crippen molar-refractivity contribution in [2.45, 2.75) is 45.6 Å². The number of carbonyl (C=O) groups is 1. The van der Waals surface area contributed by atoms with Gasteiger partial charge in [-0.05, 0) is 80.8 Å². The molecule has 33 heavy (non-hydrogen) atoms. The molecule has 3 N–H and O–H groups in total. The summed E-state index contributed by atoms with van der Waals surface area (Å²) in [5.41, 5.74) is 2.22. The van der Waals surface area contributed by atoms with Gasteiger partial charge in [-0.25, -0.2) is 4.98 Å². The van der Waals surface area contributed by atoms with Crippen molar-refractivity contribution in [1.82, 2.24) is 10.3 Å². The average Bonchev–Trinajstić information content (AvgIpc) is 2.81. The van der Waals surface area contributed by atoms with Crippen molar-refractivity contribution in [2.24, 2.45) is 5.92 Å². The molecule has 1 aliphatic heterocycles. The van der Waals surface area contributed by atoms with Crippen LogP contribution in [0.5, 0.6) is 5.75 Å². The molecule has 1 aromatic carbocycles. The van der Waals surface area contributed by atoms with E-state index in [2.05, 4.69) is 15.2 Å². The number of amides is 1. The molecule has 1 saturated heterocycles. The van der Waals surface area contributed by atoms with Crippen molar-refractivity contribution in [1.29, 1.82) is 0 Å². The Labute approximate surface area is 200 Å². The van der Waals surface area contributed by atoms with Gasteiger partial charge in [-0.1, -0.05) is 11.6 Å². The van der Waals surface area contributed by atoms with Crippen LogP contribution in [0.3, 0.4) is 0 Å². The molecule has 0 unspecified atom stereocenters. The lowest BCUT2D eigenvalue weighted by atomic mass is 9.92. The lowest BCUT2D eigenvalue weighted by Crippen LogP contribution is -2.34. The Morgan fingerprint density at radius 2 is 1.97 bits per heavy atom. The van der Waals surface area contributed by atoms with E-state index in [9.17, 15) is 9.90 Å². The molecule has 1 aromatic heterocycles. The zero-order valence-corrected chi connectivity index (χ0v) is 20.1.